The zero-order chi connectivity index (χ0) is 22.0. The van der Waals surface area contributed by atoms with Crippen molar-refractivity contribution in [3.63, 3.8) is 0 Å². The first-order valence-electron chi connectivity index (χ1n) is 10.9. The number of aryl methyl sites for hydroxylation is 1. The molecule has 0 radical (unpaired) electrons. The lowest BCUT2D eigenvalue weighted by Crippen LogP contribution is -2.44. The van der Waals surface area contributed by atoms with Crippen LogP contribution in [0.3, 0.4) is 0 Å². The molecule has 164 valence electrons. The van der Waals surface area contributed by atoms with Crippen molar-refractivity contribution in [2.75, 3.05) is 49.6 Å². The van der Waals surface area contributed by atoms with Crippen LogP contribution in [0.2, 0.25) is 0 Å². The smallest absolute Gasteiger partial charge is 0.227 e. The van der Waals surface area contributed by atoms with E-state index in [1.807, 2.05) is 44.2 Å². The molecule has 0 spiro atoms. The van der Waals surface area contributed by atoms with Gasteiger partial charge in [0.25, 0.3) is 0 Å². The fourth-order valence-electron chi connectivity index (χ4n) is 4.26. The lowest BCUT2D eigenvalue weighted by atomic mass is 10.1. The SMILES string of the molecule is Cc1cccc(N2CC(C(=O)NCc3ccnc(N4CCN(C)CC4)c3)CC2=O)c1C. The summed E-state index contributed by atoms with van der Waals surface area (Å²) in [6, 6.07) is 9.93. The number of benzene rings is 1. The Labute approximate surface area is 184 Å². The van der Waals surface area contributed by atoms with Crippen LogP contribution in [0, 0.1) is 19.8 Å². The number of amides is 2. The number of nitrogens with one attached hydrogen (secondary N) is 1. The predicted molar refractivity (Wildman–Crippen MR) is 122 cm³/mol. The Bertz CT molecular complexity index is 968. The van der Waals surface area contributed by atoms with Crippen LogP contribution in [0.15, 0.2) is 36.5 Å². The summed E-state index contributed by atoms with van der Waals surface area (Å²) in [7, 11) is 2.13. The highest BCUT2D eigenvalue weighted by Gasteiger charge is 2.35. The fraction of sp³-hybridized carbons (Fsp3) is 0.458. The van der Waals surface area contributed by atoms with Crippen LogP contribution >= 0.6 is 0 Å². The van der Waals surface area contributed by atoms with Crippen molar-refractivity contribution < 1.29 is 9.59 Å². The van der Waals surface area contributed by atoms with Crippen LogP contribution in [0.25, 0.3) is 0 Å². The third-order valence-corrected chi connectivity index (χ3v) is 6.47. The van der Waals surface area contributed by atoms with Crippen molar-refractivity contribution in [2.24, 2.45) is 5.92 Å². The second-order valence-corrected chi connectivity index (χ2v) is 8.65. The molecule has 2 aliphatic rings. The monoisotopic (exact) mass is 421 g/mol. The van der Waals surface area contributed by atoms with E-state index in [1.54, 1.807) is 11.1 Å². The summed E-state index contributed by atoms with van der Waals surface area (Å²) >= 11 is 0. The van der Waals surface area contributed by atoms with Gasteiger partial charge in [-0.05, 0) is 55.8 Å². The normalized spacial score (nSPS) is 19.7. The molecule has 7 nitrogen and oxygen atoms in total. The van der Waals surface area contributed by atoms with Crippen LogP contribution < -0.4 is 15.1 Å². The van der Waals surface area contributed by atoms with Crippen molar-refractivity contribution in [1.82, 2.24) is 15.2 Å². The number of nitrogens with zero attached hydrogens (tertiary/aromatic N) is 4. The third kappa shape index (κ3) is 4.71. The first kappa shape index (κ1) is 21.3. The molecule has 1 atom stereocenters. The summed E-state index contributed by atoms with van der Waals surface area (Å²) in [6.07, 6.45) is 2.05. The number of aromatic nitrogens is 1. The molecule has 1 aromatic carbocycles. The van der Waals surface area contributed by atoms with Crippen molar-refractivity contribution in [3.05, 3.63) is 53.2 Å². The Balaban J connectivity index is 1.36. The molecule has 31 heavy (non-hydrogen) atoms. The van der Waals surface area contributed by atoms with E-state index in [1.165, 1.54) is 0 Å². The van der Waals surface area contributed by atoms with Crippen molar-refractivity contribution >= 4 is 23.3 Å². The summed E-state index contributed by atoms with van der Waals surface area (Å²) in [4.78, 5) is 36.2. The maximum Gasteiger partial charge on any atom is 0.227 e. The van der Waals surface area contributed by atoms with Crippen LogP contribution in [0.5, 0.6) is 0 Å². The van der Waals surface area contributed by atoms with E-state index in [2.05, 4.69) is 27.1 Å². The molecule has 1 N–H and O–H groups in total. The molecule has 2 saturated heterocycles. The highest BCUT2D eigenvalue weighted by molar-refractivity contribution is 6.00. The lowest BCUT2D eigenvalue weighted by Gasteiger charge is -2.33. The number of hydrogen-bond donors (Lipinski definition) is 1. The maximum absolute atomic E-state index is 12.8. The molecular weight excluding hydrogens is 390 g/mol. The van der Waals surface area contributed by atoms with E-state index in [4.69, 9.17) is 0 Å². The van der Waals surface area contributed by atoms with E-state index in [0.29, 0.717) is 13.1 Å². The molecule has 4 rings (SSSR count). The first-order chi connectivity index (χ1) is 14.9. The molecule has 3 heterocycles. The van der Waals surface area contributed by atoms with Gasteiger partial charge < -0.3 is 20.0 Å². The minimum absolute atomic E-state index is 0.00936. The number of hydrogen-bond acceptors (Lipinski definition) is 5. The Morgan fingerprint density at radius 2 is 1.94 bits per heavy atom. The molecule has 0 aliphatic carbocycles. The van der Waals surface area contributed by atoms with Crippen LogP contribution in [0.1, 0.15) is 23.1 Å². The second kappa shape index (κ2) is 9.06. The zero-order valence-electron chi connectivity index (χ0n) is 18.6. The third-order valence-electron chi connectivity index (χ3n) is 6.47. The number of likely N-dealkylation sites (N-methyl/N-ethyl adjacent to an activating group) is 1. The molecule has 0 bridgehead atoms. The maximum atomic E-state index is 12.8. The molecule has 1 unspecified atom stereocenters. The van der Waals surface area contributed by atoms with E-state index in [0.717, 1.165) is 54.4 Å². The topological polar surface area (TPSA) is 68.8 Å². The molecule has 2 aliphatic heterocycles. The standard InChI is InChI=1S/C24H31N5O2/c1-17-5-4-6-21(18(17)2)29-16-20(14-23(29)30)24(31)26-15-19-7-8-25-22(13-19)28-11-9-27(3)10-12-28/h4-8,13,20H,9-12,14-16H2,1-3H3,(H,26,31). The van der Waals surface area contributed by atoms with Crippen LogP contribution in [-0.4, -0.2) is 61.5 Å². The lowest BCUT2D eigenvalue weighted by molar-refractivity contribution is -0.126. The first-order valence-corrected chi connectivity index (χ1v) is 10.9. The predicted octanol–water partition coefficient (Wildman–Crippen LogP) is 2.12. The van der Waals surface area contributed by atoms with Gasteiger partial charge in [-0.3, -0.25) is 9.59 Å². The largest absolute Gasteiger partial charge is 0.354 e. The fourth-order valence-corrected chi connectivity index (χ4v) is 4.26. The quantitative estimate of drug-likeness (QED) is 0.801. The number of pyridine rings is 1. The van der Waals surface area contributed by atoms with Gasteiger partial charge in [-0.1, -0.05) is 12.1 Å². The molecular formula is C24H31N5O2. The number of rotatable bonds is 5. The molecule has 2 aromatic rings. The second-order valence-electron chi connectivity index (χ2n) is 8.65. The number of carbonyl (C=O) groups excluding carboxylic acids is 2. The molecule has 7 heteroatoms. The Kier molecular flexibility index (Phi) is 6.23. The molecule has 0 saturated carbocycles. The van der Waals surface area contributed by atoms with E-state index in [9.17, 15) is 9.59 Å². The average molecular weight is 422 g/mol. The Hall–Kier alpha value is -2.93. The Morgan fingerprint density at radius 1 is 1.16 bits per heavy atom. The van der Waals surface area contributed by atoms with Gasteiger partial charge in [-0.15, -0.1) is 0 Å². The van der Waals surface area contributed by atoms with Crippen LogP contribution in [-0.2, 0) is 16.1 Å². The van der Waals surface area contributed by atoms with Gasteiger partial charge in [-0.25, -0.2) is 4.98 Å². The average Bonchev–Trinajstić information content (AvgIpc) is 3.16. The van der Waals surface area contributed by atoms with Crippen molar-refractivity contribution in [2.45, 2.75) is 26.8 Å². The summed E-state index contributed by atoms with van der Waals surface area (Å²) in [5, 5.41) is 3.02. The summed E-state index contributed by atoms with van der Waals surface area (Å²) in [5.74, 6) is 0.567. The van der Waals surface area contributed by atoms with Gasteiger partial charge >= 0.3 is 0 Å². The molecule has 1 aromatic heterocycles. The summed E-state index contributed by atoms with van der Waals surface area (Å²) in [6.45, 7) is 8.88. The number of anilines is 2. The van der Waals surface area contributed by atoms with Gasteiger partial charge in [0.2, 0.25) is 11.8 Å². The van der Waals surface area contributed by atoms with Crippen molar-refractivity contribution in [3.8, 4) is 0 Å². The van der Waals surface area contributed by atoms with E-state index in [-0.39, 0.29) is 24.2 Å². The van der Waals surface area contributed by atoms with Gasteiger partial charge in [0, 0.05) is 57.6 Å². The Morgan fingerprint density at radius 3 is 2.71 bits per heavy atom. The molecule has 2 amide bonds. The number of piperazine rings is 1. The van der Waals surface area contributed by atoms with E-state index < -0.39 is 0 Å². The van der Waals surface area contributed by atoms with Crippen molar-refractivity contribution in [1.29, 1.82) is 0 Å². The minimum atomic E-state index is -0.327. The van der Waals surface area contributed by atoms with E-state index >= 15 is 0 Å². The van der Waals surface area contributed by atoms with Gasteiger partial charge in [0.15, 0.2) is 0 Å². The van der Waals surface area contributed by atoms with Gasteiger partial charge in [-0.2, -0.15) is 0 Å². The highest BCUT2D eigenvalue weighted by atomic mass is 16.2. The van der Waals surface area contributed by atoms with Gasteiger partial charge in [0.1, 0.15) is 5.82 Å². The minimum Gasteiger partial charge on any atom is -0.354 e. The van der Waals surface area contributed by atoms with Crippen LogP contribution in [0.4, 0.5) is 11.5 Å². The summed E-state index contributed by atoms with van der Waals surface area (Å²) < 4.78 is 0. The molecule has 2 fully saturated rings. The zero-order valence-corrected chi connectivity index (χ0v) is 18.6. The summed E-state index contributed by atoms with van der Waals surface area (Å²) in [5.41, 5.74) is 4.16. The number of carbonyl (C=O) groups is 2. The highest BCUT2D eigenvalue weighted by Crippen LogP contribution is 2.29. The van der Waals surface area contributed by atoms with Gasteiger partial charge in [0.05, 0.1) is 5.92 Å².